The number of oxime groups is 1. The fourth-order valence-corrected chi connectivity index (χ4v) is 1.70. The number of hydrogen-bond acceptors (Lipinski definition) is 4. The van der Waals surface area contributed by atoms with Crippen molar-refractivity contribution < 1.29 is 9.63 Å². The van der Waals surface area contributed by atoms with Crippen LogP contribution in [-0.4, -0.2) is 44.4 Å². The van der Waals surface area contributed by atoms with E-state index in [-0.39, 0.29) is 0 Å². The van der Waals surface area contributed by atoms with E-state index >= 15 is 0 Å². The largest absolute Gasteiger partial charge is 0.435 e. The Balaban J connectivity index is 2.20. The van der Waals surface area contributed by atoms with Gasteiger partial charge in [-0.05, 0) is 6.07 Å². The molecule has 1 aliphatic rings. The molecule has 0 saturated heterocycles. The maximum Gasteiger partial charge on any atom is 0.435 e. The van der Waals surface area contributed by atoms with Gasteiger partial charge in [-0.2, -0.15) is 0 Å². The molecule has 0 fully saturated rings. The third-order valence-electron chi connectivity index (χ3n) is 2.61. The first-order chi connectivity index (χ1) is 8.09. The van der Waals surface area contributed by atoms with Gasteiger partial charge >= 0.3 is 6.09 Å². The molecule has 0 aliphatic carbocycles. The van der Waals surface area contributed by atoms with Crippen LogP contribution in [0.3, 0.4) is 0 Å². The first-order valence-corrected chi connectivity index (χ1v) is 5.35. The van der Waals surface area contributed by atoms with Crippen LogP contribution >= 0.6 is 0 Å². The molecule has 1 heterocycles. The van der Waals surface area contributed by atoms with Crippen molar-refractivity contribution in [2.24, 2.45) is 5.16 Å². The Kier molecular flexibility index (Phi) is 2.99. The maximum absolute atomic E-state index is 11.3. The summed E-state index contributed by atoms with van der Waals surface area (Å²) in [5, 5.41) is 3.92. The van der Waals surface area contributed by atoms with Crippen molar-refractivity contribution in [2.75, 3.05) is 32.6 Å². The van der Waals surface area contributed by atoms with Crippen molar-refractivity contribution in [1.82, 2.24) is 4.90 Å². The molecule has 17 heavy (non-hydrogen) atoms. The average molecular weight is 233 g/mol. The van der Waals surface area contributed by atoms with Crippen LogP contribution in [0.25, 0.3) is 0 Å². The molecular weight excluding hydrogens is 218 g/mol. The summed E-state index contributed by atoms with van der Waals surface area (Å²) in [4.78, 5) is 19.5. The monoisotopic (exact) mass is 233 g/mol. The zero-order valence-corrected chi connectivity index (χ0v) is 10.2. The first-order valence-electron chi connectivity index (χ1n) is 5.35. The van der Waals surface area contributed by atoms with Gasteiger partial charge in [0, 0.05) is 32.4 Å². The average Bonchev–Trinajstić information content (AvgIpc) is 2.64. The summed E-state index contributed by atoms with van der Waals surface area (Å²) in [5.74, 6) is 0. The fourth-order valence-electron chi connectivity index (χ4n) is 1.70. The lowest BCUT2D eigenvalue weighted by molar-refractivity contribution is 0.122. The maximum atomic E-state index is 11.3. The van der Waals surface area contributed by atoms with E-state index in [1.165, 1.54) is 4.90 Å². The Hall–Kier alpha value is -2.04. The Labute approximate surface area is 100 Å². The van der Waals surface area contributed by atoms with Crippen molar-refractivity contribution in [3.05, 3.63) is 29.8 Å². The zero-order valence-electron chi connectivity index (χ0n) is 10.2. The molecule has 5 nitrogen and oxygen atoms in total. The highest BCUT2D eigenvalue weighted by molar-refractivity contribution is 6.11. The van der Waals surface area contributed by atoms with Crippen LogP contribution in [0.2, 0.25) is 0 Å². The number of benzene rings is 1. The fraction of sp³-hybridized carbons (Fsp3) is 0.333. The van der Waals surface area contributed by atoms with E-state index in [9.17, 15) is 4.79 Å². The van der Waals surface area contributed by atoms with E-state index in [0.717, 1.165) is 17.0 Å². The minimum Gasteiger partial charge on any atom is -0.368 e. The molecule has 2 rings (SSSR count). The molecule has 0 bridgehead atoms. The molecule has 1 aromatic carbocycles. The highest BCUT2D eigenvalue weighted by Gasteiger charge is 2.22. The van der Waals surface area contributed by atoms with Gasteiger partial charge in [0.25, 0.3) is 0 Å². The summed E-state index contributed by atoms with van der Waals surface area (Å²) in [7, 11) is 5.23. The Morgan fingerprint density at radius 1 is 1.41 bits per heavy atom. The smallest absolute Gasteiger partial charge is 0.368 e. The van der Waals surface area contributed by atoms with Crippen molar-refractivity contribution >= 4 is 17.5 Å². The summed E-state index contributed by atoms with van der Waals surface area (Å²) in [5.41, 5.74) is 2.90. The summed E-state index contributed by atoms with van der Waals surface area (Å²) in [6.07, 6.45) is -0.468. The number of carbonyl (C=O) groups excluding carboxylic acids is 1. The number of rotatable bonds is 1. The summed E-state index contributed by atoms with van der Waals surface area (Å²) in [6, 6.07) is 7.91. The van der Waals surface area contributed by atoms with Gasteiger partial charge < -0.3 is 9.80 Å². The third kappa shape index (κ3) is 2.22. The van der Waals surface area contributed by atoms with Crippen molar-refractivity contribution in [3.8, 4) is 0 Å². The molecule has 90 valence electrons. The Bertz CT molecular complexity index is 469. The van der Waals surface area contributed by atoms with Gasteiger partial charge in [-0.15, -0.1) is 0 Å². The zero-order chi connectivity index (χ0) is 12.4. The number of anilines is 1. The molecule has 0 aromatic heterocycles. The normalized spacial score (nSPS) is 15.9. The molecule has 1 aromatic rings. The van der Waals surface area contributed by atoms with E-state index < -0.39 is 6.09 Å². The molecule has 0 spiro atoms. The predicted molar refractivity (Wildman–Crippen MR) is 66.4 cm³/mol. The van der Waals surface area contributed by atoms with Crippen LogP contribution < -0.4 is 4.90 Å². The van der Waals surface area contributed by atoms with Crippen molar-refractivity contribution in [3.63, 3.8) is 0 Å². The van der Waals surface area contributed by atoms with Gasteiger partial charge in [0.15, 0.2) is 0 Å². The first kappa shape index (κ1) is 11.4. The van der Waals surface area contributed by atoms with E-state index in [2.05, 4.69) is 10.1 Å². The number of nitrogens with zero attached hydrogens (tertiary/aromatic N) is 3. The molecular formula is C12H15N3O2. The second-order valence-corrected chi connectivity index (χ2v) is 4.16. The molecule has 1 amide bonds. The van der Waals surface area contributed by atoms with E-state index in [1.54, 1.807) is 14.1 Å². The minimum atomic E-state index is -0.468. The van der Waals surface area contributed by atoms with Gasteiger partial charge in [-0.25, -0.2) is 4.79 Å². The van der Waals surface area contributed by atoms with Crippen LogP contribution in [0.5, 0.6) is 0 Å². The van der Waals surface area contributed by atoms with E-state index in [4.69, 9.17) is 4.84 Å². The van der Waals surface area contributed by atoms with E-state index in [0.29, 0.717) is 6.54 Å². The lowest BCUT2D eigenvalue weighted by atomic mass is 10.1. The van der Waals surface area contributed by atoms with Gasteiger partial charge in [0.1, 0.15) is 5.71 Å². The minimum absolute atomic E-state index is 0.468. The quantitative estimate of drug-likeness (QED) is 0.546. The van der Waals surface area contributed by atoms with Gasteiger partial charge in [0.2, 0.25) is 0 Å². The topological polar surface area (TPSA) is 45.1 Å². The summed E-state index contributed by atoms with van der Waals surface area (Å²) in [6.45, 7) is 0.653. The highest BCUT2D eigenvalue weighted by Crippen LogP contribution is 2.26. The molecule has 0 atom stereocenters. The van der Waals surface area contributed by atoms with Gasteiger partial charge in [-0.1, -0.05) is 23.4 Å². The molecule has 1 aliphatic heterocycles. The second kappa shape index (κ2) is 4.45. The van der Waals surface area contributed by atoms with Gasteiger partial charge in [0.05, 0.1) is 6.54 Å². The standard InChI is InChI=1S/C12H15N3O2/c1-14(2)12(16)17-13-10-8-15(3)11-7-5-4-6-9(10)11/h4-7H,8H2,1-3H3/b13-10+. The predicted octanol–water partition coefficient (Wildman–Crippen LogP) is 1.54. The molecule has 0 saturated carbocycles. The lowest BCUT2D eigenvalue weighted by Crippen LogP contribution is -2.22. The van der Waals surface area contributed by atoms with Crippen LogP contribution in [0.1, 0.15) is 5.56 Å². The van der Waals surface area contributed by atoms with Crippen molar-refractivity contribution in [1.29, 1.82) is 0 Å². The molecule has 0 N–H and O–H groups in total. The Morgan fingerprint density at radius 3 is 2.82 bits per heavy atom. The van der Waals surface area contributed by atoms with Gasteiger partial charge in [-0.3, -0.25) is 4.84 Å². The summed E-state index contributed by atoms with van der Waals surface area (Å²) >= 11 is 0. The van der Waals surface area contributed by atoms with Crippen LogP contribution in [-0.2, 0) is 4.84 Å². The molecule has 0 unspecified atom stereocenters. The lowest BCUT2D eigenvalue weighted by Gasteiger charge is -2.09. The van der Waals surface area contributed by atoms with Crippen molar-refractivity contribution in [2.45, 2.75) is 0 Å². The number of amides is 1. The van der Waals surface area contributed by atoms with Crippen LogP contribution in [0.15, 0.2) is 29.4 Å². The Morgan fingerprint density at radius 2 is 2.12 bits per heavy atom. The SMILES string of the molecule is CN(C)C(=O)O/N=C1\CN(C)c2ccccc21. The molecule has 0 radical (unpaired) electrons. The molecule has 5 heteroatoms. The number of fused-ring (bicyclic) bond motifs is 1. The number of para-hydroxylation sites is 1. The number of carbonyl (C=O) groups is 1. The summed E-state index contributed by atoms with van der Waals surface area (Å²) < 4.78 is 0. The third-order valence-corrected chi connectivity index (χ3v) is 2.61. The van der Waals surface area contributed by atoms with Crippen LogP contribution in [0, 0.1) is 0 Å². The second-order valence-electron chi connectivity index (χ2n) is 4.16. The van der Waals surface area contributed by atoms with Crippen LogP contribution in [0.4, 0.5) is 10.5 Å². The highest BCUT2D eigenvalue weighted by atomic mass is 16.7. The number of likely N-dealkylation sites (N-methyl/N-ethyl adjacent to an activating group) is 1. The van der Waals surface area contributed by atoms with E-state index in [1.807, 2.05) is 31.3 Å². The number of hydrogen-bond donors (Lipinski definition) is 0.